The predicted molar refractivity (Wildman–Crippen MR) is 46.4 cm³/mol. The molecular formula is C8H12N2S. The number of aromatic nitrogens is 1. The van der Waals surface area contributed by atoms with Crippen LogP contribution < -0.4 is 5.73 Å². The van der Waals surface area contributed by atoms with Crippen molar-refractivity contribution < 1.29 is 0 Å². The second-order valence-corrected chi connectivity index (χ2v) is 4.11. The van der Waals surface area contributed by atoms with Crippen molar-refractivity contribution in [2.45, 2.75) is 25.3 Å². The first-order chi connectivity index (χ1) is 5.36. The molecule has 1 saturated carbocycles. The number of rotatable bonds is 3. The van der Waals surface area contributed by atoms with Gasteiger partial charge in [0.25, 0.3) is 0 Å². The number of hydrogen-bond acceptors (Lipinski definition) is 3. The molecule has 1 unspecified atom stereocenters. The van der Waals surface area contributed by atoms with Crippen molar-refractivity contribution in [3.63, 3.8) is 0 Å². The van der Waals surface area contributed by atoms with Crippen LogP contribution in [0.4, 0.5) is 0 Å². The van der Waals surface area contributed by atoms with Crippen LogP contribution in [0, 0.1) is 5.92 Å². The fraction of sp³-hybridized carbons (Fsp3) is 0.625. The number of hydrogen-bond donors (Lipinski definition) is 1. The van der Waals surface area contributed by atoms with E-state index in [1.807, 2.05) is 11.7 Å². The van der Waals surface area contributed by atoms with Gasteiger partial charge in [-0.15, -0.1) is 11.3 Å². The Morgan fingerprint density at radius 1 is 1.73 bits per heavy atom. The molecule has 1 aromatic rings. The van der Waals surface area contributed by atoms with Gasteiger partial charge in [0.05, 0.1) is 5.51 Å². The zero-order valence-electron chi connectivity index (χ0n) is 6.36. The van der Waals surface area contributed by atoms with E-state index in [9.17, 15) is 0 Å². The van der Waals surface area contributed by atoms with Crippen LogP contribution in [-0.4, -0.2) is 4.98 Å². The van der Waals surface area contributed by atoms with E-state index >= 15 is 0 Å². The lowest BCUT2D eigenvalue weighted by Crippen LogP contribution is -2.08. The minimum absolute atomic E-state index is 0.245. The zero-order valence-corrected chi connectivity index (χ0v) is 7.18. The molecule has 1 aromatic heterocycles. The maximum absolute atomic E-state index is 5.95. The van der Waals surface area contributed by atoms with Gasteiger partial charge < -0.3 is 5.73 Å². The second kappa shape index (κ2) is 2.91. The Kier molecular flexibility index (Phi) is 1.92. The molecule has 3 heteroatoms. The summed E-state index contributed by atoms with van der Waals surface area (Å²) in [5, 5.41) is 0. The zero-order chi connectivity index (χ0) is 7.68. The molecule has 0 saturated heterocycles. The summed E-state index contributed by atoms with van der Waals surface area (Å²) in [6.07, 6.45) is 5.80. The highest BCUT2D eigenvalue weighted by molar-refractivity contribution is 7.09. The Hall–Kier alpha value is -0.410. The van der Waals surface area contributed by atoms with Gasteiger partial charge in [0.1, 0.15) is 0 Å². The van der Waals surface area contributed by atoms with Crippen LogP contribution >= 0.6 is 11.3 Å². The molecule has 2 nitrogen and oxygen atoms in total. The van der Waals surface area contributed by atoms with E-state index in [1.165, 1.54) is 17.7 Å². The van der Waals surface area contributed by atoms with E-state index in [4.69, 9.17) is 5.73 Å². The minimum Gasteiger partial charge on any atom is -0.323 e. The molecule has 2 N–H and O–H groups in total. The Bertz CT molecular complexity index is 216. The van der Waals surface area contributed by atoms with Crippen molar-refractivity contribution in [2.24, 2.45) is 11.7 Å². The maximum atomic E-state index is 5.95. The first-order valence-corrected chi connectivity index (χ1v) is 4.88. The largest absolute Gasteiger partial charge is 0.323 e. The Balaban J connectivity index is 1.93. The number of thiazole rings is 1. The standard InChI is InChI=1S/C8H12N2S/c9-7(3-6-1-2-6)8-4-10-5-11-8/h4-7H,1-3,9H2. The lowest BCUT2D eigenvalue weighted by atomic mass is 10.1. The molecule has 0 aromatic carbocycles. The van der Waals surface area contributed by atoms with Gasteiger partial charge in [-0.1, -0.05) is 12.8 Å². The van der Waals surface area contributed by atoms with Gasteiger partial charge in [-0.05, 0) is 12.3 Å². The van der Waals surface area contributed by atoms with E-state index in [0.717, 1.165) is 12.3 Å². The van der Waals surface area contributed by atoms with Crippen LogP contribution in [0.1, 0.15) is 30.2 Å². The number of nitrogens with zero attached hydrogens (tertiary/aromatic N) is 1. The van der Waals surface area contributed by atoms with Crippen LogP contribution in [0.15, 0.2) is 11.7 Å². The molecule has 1 aliphatic rings. The van der Waals surface area contributed by atoms with E-state index in [-0.39, 0.29) is 6.04 Å². The summed E-state index contributed by atoms with van der Waals surface area (Å²) in [6.45, 7) is 0. The van der Waals surface area contributed by atoms with Crippen LogP contribution in [0.5, 0.6) is 0 Å². The van der Waals surface area contributed by atoms with Crippen LogP contribution in [-0.2, 0) is 0 Å². The van der Waals surface area contributed by atoms with Gasteiger partial charge in [-0.3, -0.25) is 4.98 Å². The highest BCUT2D eigenvalue weighted by Crippen LogP contribution is 2.37. The predicted octanol–water partition coefficient (Wildman–Crippen LogP) is 1.94. The van der Waals surface area contributed by atoms with E-state index in [1.54, 1.807) is 11.3 Å². The average molecular weight is 168 g/mol. The number of nitrogens with two attached hydrogens (primary N) is 1. The van der Waals surface area contributed by atoms with E-state index in [2.05, 4.69) is 4.98 Å². The summed E-state index contributed by atoms with van der Waals surface area (Å²) in [4.78, 5) is 5.24. The topological polar surface area (TPSA) is 38.9 Å². The molecule has 11 heavy (non-hydrogen) atoms. The van der Waals surface area contributed by atoms with Gasteiger partial charge in [-0.25, -0.2) is 0 Å². The average Bonchev–Trinajstić information content (AvgIpc) is 2.67. The van der Waals surface area contributed by atoms with Crippen molar-refractivity contribution in [1.82, 2.24) is 4.98 Å². The van der Waals surface area contributed by atoms with Crippen molar-refractivity contribution >= 4 is 11.3 Å². The third kappa shape index (κ3) is 1.79. The molecule has 1 heterocycles. The normalized spacial score (nSPS) is 20.1. The third-order valence-corrected chi connectivity index (χ3v) is 3.01. The van der Waals surface area contributed by atoms with Gasteiger partial charge in [0.15, 0.2) is 0 Å². The summed E-state index contributed by atoms with van der Waals surface area (Å²) >= 11 is 1.66. The molecule has 0 amide bonds. The van der Waals surface area contributed by atoms with Gasteiger partial charge >= 0.3 is 0 Å². The molecular weight excluding hydrogens is 156 g/mol. The lowest BCUT2D eigenvalue weighted by Gasteiger charge is -2.06. The minimum atomic E-state index is 0.245. The molecule has 0 bridgehead atoms. The van der Waals surface area contributed by atoms with Crippen LogP contribution in [0.25, 0.3) is 0 Å². The van der Waals surface area contributed by atoms with Crippen LogP contribution in [0.2, 0.25) is 0 Å². The lowest BCUT2D eigenvalue weighted by molar-refractivity contribution is 0.604. The molecule has 1 atom stereocenters. The smallest absolute Gasteiger partial charge is 0.0794 e. The monoisotopic (exact) mass is 168 g/mol. The summed E-state index contributed by atoms with van der Waals surface area (Å²) in [6, 6.07) is 0.245. The second-order valence-electron chi connectivity index (χ2n) is 3.19. The summed E-state index contributed by atoms with van der Waals surface area (Å²) in [7, 11) is 0. The molecule has 0 aliphatic heterocycles. The molecule has 2 rings (SSSR count). The van der Waals surface area contributed by atoms with Gasteiger partial charge in [0, 0.05) is 17.1 Å². The first-order valence-electron chi connectivity index (χ1n) is 4.00. The Morgan fingerprint density at radius 2 is 2.55 bits per heavy atom. The Morgan fingerprint density at radius 3 is 3.09 bits per heavy atom. The van der Waals surface area contributed by atoms with Crippen LogP contribution in [0.3, 0.4) is 0 Å². The van der Waals surface area contributed by atoms with Crippen molar-refractivity contribution in [2.75, 3.05) is 0 Å². The summed E-state index contributed by atoms with van der Waals surface area (Å²) in [5.41, 5.74) is 7.80. The molecule has 0 radical (unpaired) electrons. The quantitative estimate of drug-likeness (QED) is 0.749. The van der Waals surface area contributed by atoms with Crippen molar-refractivity contribution in [3.05, 3.63) is 16.6 Å². The Labute approximate surface area is 70.5 Å². The van der Waals surface area contributed by atoms with E-state index in [0.29, 0.717) is 0 Å². The maximum Gasteiger partial charge on any atom is 0.0794 e. The SMILES string of the molecule is NC(CC1CC1)c1cncs1. The third-order valence-electron chi connectivity index (χ3n) is 2.10. The molecule has 1 fully saturated rings. The highest BCUT2D eigenvalue weighted by Gasteiger charge is 2.24. The molecule has 60 valence electrons. The van der Waals surface area contributed by atoms with Crippen molar-refractivity contribution in [3.8, 4) is 0 Å². The fourth-order valence-corrected chi connectivity index (χ4v) is 1.87. The molecule has 1 aliphatic carbocycles. The molecule has 0 spiro atoms. The van der Waals surface area contributed by atoms with Gasteiger partial charge in [0.2, 0.25) is 0 Å². The van der Waals surface area contributed by atoms with Crippen molar-refractivity contribution in [1.29, 1.82) is 0 Å². The first kappa shape index (κ1) is 7.25. The van der Waals surface area contributed by atoms with Gasteiger partial charge in [-0.2, -0.15) is 0 Å². The summed E-state index contributed by atoms with van der Waals surface area (Å²) < 4.78 is 0. The fourth-order valence-electron chi connectivity index (χ4n) is 1.24. The van der Waals surface area contributed by atoms with E-state index < -0.39 is 0 Å². The summed E-state index contributed by atoms with van der Waals surface area (Å²) in [5.74, 6) is 0.909. The highest BCUT2D eigenvalue weighted by atomic mass is 32.1.